The van der Waals surface area contributed by atoms with Gasteiger partial charge in [0.05, 0.1) is 37.2 Å². The van der Waals surface area contributed by atoms with Gasteiger partial charge in [0.2, 0.25) is 5.91 Å². The average molecular weight is 483 g/mol. The Labute approximate surface area is 203 Å². The first-order valence-electron chi connectivity index (χ1n) is 11.6. The van der Waals surface area contributed by atoms with E-state index < -0.39 is 29.6 Å². The number of carbonyl (C=O) groups excluding carboxylic acids is 2. The van der Waals surface area contributed by atoms with Gasteiger partial charge in [-0.15, -0.1) is 0 Å². The van der Waals surface area contributed by atoms with Crippen LogP contribution in [0.15, 0.2) is 48.5 Å². The number of methoxy groups -OCH3 is 1. The average Bonchev–Trinajstić information content (AvgIpc) is 3.38. The minimum atomic E-state index is -1.03. The fourth-order valence-corrected chi connectivity index (χ4v) is 4.72. The minimum absolute atomic E-state index is 0.0366. The third-order valence-electron chi connectivity index (χ3n) is 6.84. The first-order valence-corrected chi connectivity index (χ1v) is 11.6. The van der Waals surface area contributed by atoms with Crippen LogP contribution >= 0.6 is 0 Å². The monoisotopic (exact) mass is 482 g/mol. The number of carboxylic acids is 1. The summed E-state index contributed by atoms with van der Waals surface area (Å²) in [5.41, 5.74) is 3.48. The number of hydrogen-bond acceptors (Lipinski definition) is 6. The van der Waals surface area contributed by atoms with Gasteiger partial charge in [-0.25, -0.2) is 4.79 Å². The number of carboxylic acid groups (broad SMARTS) is 1. The summed E-state index contributed by atoms with van der Waals surface area (Å²) >= 11 is 0. The molecule has 1 fully saturated rings. The Morgan fingerprint density at radius 1 is 1.11 bits per heavy atom. The van der Waals surface area contributed by atoms with Crippen molar-refractivity contribution in [2.45, 2.75) is 31.4 Å². The van der Waals surface area contributed by atoms with Crippen LogP contribution in [0.4, 0.5) is 4.79 Å². The van der Waals surface area contributed by atoms with Crippen LogP contribution in [0.5, 0.6) is 0 Å². The van der Waals surface area contributed by atoms with E-state index in [1.807, 2.05) is 36.4 Å². The molecule has 0 aromatic heterocycles. The van der Waals surface area contributed by atoms with Crippen LogP contribution < -0.4 is 10.6 Å². The lowest BCUT2D eigenvalue weighted by atomic mass is 9.84. The molecule has 3 unspecified atom stereocenters. The topological polar surface area (TPSA) is 123 Å². The molecule has 9 heteroatoms. The number of fused-ring (bicyclic) bond motifs is 3. The van der Waals surface area contributed by atoms with Crippen LogP contribution in [0.3, 0.4) is 0 Å². The molecule has 0 saturated carbocycles. The molecule has 2 aromatic rings. The summed E-state index contributed by atoms with van der Waals surface area (Å²) in [5, 5.41) is 14.5. The lowest BCUT2D eigenvalue weighted by molar-refractivity contribution is -0.140. The van der Waals surface area contributed by atoms with Crippen molar-refractivity contribution >= 4 is 18.0 Å². The quantitative estimate of drug-likeness (QED) is 0.502. The molecule has 3 atom stereocenters. The maximum Gasteiger partial charge on any atom is 0.407 e. The van der Waals surface area contributed by atoms with Crippen LogP contribution in [-0.2, 0) is 23.8 Å². The van der Waals surface area contributed by atoms with Crippen LogP contribution in [0.25, 0.3) is 11.1 Å². The number of benzene rings is 2. The van der Waals surface area contributed by atoms with Gasteiger partial charge in [0, 0.05) is 19.6 Å². The van der Waals surface area contributed by atoms with Crippen molar-refractivity contribution in [1.29, 1.82) is 0 Å². The Kier molecular flexibility index (Phi) is 7.37. The normalized spacial score (nSPS) is 21.6. The Morgan fingerprint density at radius 2 is 1.74 bits per heavy atom. The predicted molar refractivity (Wildman–Crippen MR) is 127 cm³/mol. The van der Waals surface area contributed by atoms with Gasteiger partial charge in [-0.05, 0) is 29.2 Å². The lowest BCUT2D eigenvalue weighted by Crippen LogP contribution is -2.54. The van der Waals surface area contributed by atoms with Gasteiger partial charge < -0.3 is 30.0 Å². The van der Waals surface area contributed by atoms with E-state index in [0.717, 1.165) is 22.3 Å². The van der Waals surface area contributed by atoms with Crippen molar-refractivity contribution in [3.63, 3.8) is 0 Å². The molecule has 0 radical (unpaired) electrons. The largest absolute Gasteiger partial charge is 0.481 e. The molecule has 186 valence electrons. The maximum atomic E-state index is 12.9. The SMILES string of the molecule is COC(CNC(=O)C1(C)COCC1NC(=O)OCC1c2ccccc2-c2ccccc21)CC(=O)O. The van der Waals surface area contributed by atoms with E-state index in [2.05, 4.69) is 22.8 Å². The van der Waals surface area contributed by atoms with Crippen molar-refractivity contribution in [3.8, 4) is 11.1 Å². The molecule has 35 heavy (non-hydrogen) atoms. The zero-order chi connectivity index (χ0) is 25.0. The fraction of sp³-hybridized carbons (Fsp3) is 0.423. The zero-order valence-corrected chi connectivity index (χ0v) is 19.8. The number of ether oxygens (including phenoxy) is 3. The number of hydrogen-bond donors (Lipinski definition) is 3. The predicted octanol–water partition coefficient (Wildman–Crippen LogP) is 2.54. The molecular formula is C26H30N2O7. The molecule has 1 aliphatic carbocycles. The Bertz CT molecular complexity index is 1060. The number of alkyl carbamates (subject to hydrolysis) is 1. The van der Waals surface area contributed by atoms with Gasteiger partial charge in [0.15, 0.2) is 0 Å². The molecule has 0 spiro atoms. The molecule has 2 aliphatic rings. The smallest absolute Gasteiger partial charge is 0.407 e. The van der Waals surface area contributed by atoms with Crippen molar-refractivity contribution in [3.05, 3.63) is 59.7 Å². The summed E-state index contributed by atoms with van der Waals surface area (Å²) in [4.78, 5) is 36.6. The molecule has 1 aliphatic heterocycles. The Morgan fingerprint density at radius 3 is 2.34 bits per heavy atom. The van der Waals surface area contributed by atoms with E-state index >= 15 is 0 Å². The molecule has 9 nitrogen and oxygen atoms in total. The third kappa shape index (κ3) is 5.16. The molecule has 2 aromatic carbocycles. The second-order valence-electron chi connectivity index (χ2n) is 9.12. The summed E-state index contributed by atoms with van der Waals surface area (Å²) in [5.74, 6) is -1.44. The number of aliphatic carboxylic acids is 1. The van der Waals surface area contributed by atoms with Crippen molar-refractivity contribution in [2.75, 3.05) is 33.5 Å². The second kappa shape index (κ2) is 10.5. The van der Waals surface area contributed by atoms with Crippen LogP contribution in [0, 0.1) is 5.41 Å². The number of carbonyl (C=O) groups is 3. The first-order chi connectivity index (χ1) is 16.8. The standard InChI is InChI=1S/C26H30N2O7/c1-26(24(31)27-12-16(33-2)11-23(29)30)15-34-14-22(26)28-25(32)35-13-21-19-9-5-3-7-17(19)18-8-4-6-10-20(18)21/h3-10,16,21-22H,11-15H2,1-2H3,(H,27,31)(H,28,32)(H,29,30). The van der Waals surface area contributed by atoms with E-state index in [0.29, 0.717) is 0 Å². The zero-order valence-electron chi connectivity index (χ0n) is 19.8. The molecule has 0 bridgehead atoms. The Hall–Kier alpha value is -3.43. The van der Waals surface area contributed by atoms with Gasteiger partial charge in [0.25, 0.3) is 0 Å². The molecule has 2 amide bonds. The van der Waals surface area contributed by atoms with Crippen molar-refractivity contribution < 1.29 is 33.7 Å². The highest BCUT2D eigenvalue weighted by Crippen LogP contribution is 2.44. The van der Waals surface area contributed by atoms with E-state index in [1.54, 1.807) is 6.92 Å². The molecular weight excluding hydrogens is 452 g/mol. The van der Waals surface area contributed by atoms with E-state index in [1.165, 1.54) is 7.11 Å². The Balaban J connectivity index is 1.36. The molecule has 3 N–H and O–H groups in total. The van der Waals surface area contributed by atoms with E-state index in [-0.39, 0.29) is 44.6 Å². The molecule has 4 rings (SSSR count). The van der Waals surface area contributed by atoms with Crippen LogP contribution in [-0.4, -0.2) is 68.7 Å². The van der Waals surface area contributed by atoms with Gasteiger partial charge in [-0.1, -0.05) is 48.5 Å². The second-order valence-corrected chi connectivity index (χ2v) is 9.12. The summed E-state index contributed by atoms with van der Waals surface area (Å²) in [6, 6.07) is 15.6. The van der Waals surface area contributed by atoms with Crippen LogP contribution in [0.1, 0.15) is 30.4 Å². The molecule has 1 heterocycles. The maximum absolute atomic E-state index is 12.9. The van der Waals surface area contributed by atoms with Gasteiger partial charge >= 0.3 is 12.1 Å². The van der Waals surface area contributed by atoms with E-state index in [9.17, 15) is 14.4 Å². The van der Waals surface area contributed by atoms with Crippen LogP contribution in [0.2, 0.25) is 0 Å². The first kappa shape index (κ1) is 24.7. The van der Waals surface area contributed by atoms with Gasteiger partial charge in [-0.2, -0.15) is 0 Å². The summed E-state index contributed by atoms with van der Waals surface area (Å²) in [7, 11) is 1.39. The fourth-order valence-electron chi connectivity index (χ4n) is 4.72. The number of rotatable bonds is 9. The summed E-state index contributed by atoms with van der Waals surface area (Å²) < 4.78 is 16.2. The summed E-state index contributed by atoms with van der Waals surface area (Å²) in [6.45, 7) is 2.18. The van der Waals surface area contributed by atoms with E-state index in [4.69, 9.17) is 19.3 Å². The highest BCUT2D eigenvalue weighted by molar-refractivity contribution is 5.84. The minimum Gasteiger partial charge on any atom is -0.481 e. The highest BCUT2D eigenvalue weighted by atomic mass is 16.5. The lowest BCUT2D eigenvalue weighted by Gasteiger charge is -2.29. The molecule has 1 saturated heterocycles. The van der Waals surface area contributed by atoms with Crippen molar-refractivity contribution in [2.24, 2.45) is 5.41 Å². The number of nitrogens with one attached hydrogen (secondary N) is 2. The highest BCUT2D eigenvalue weighted by Gasteiger charge is 2.47. The summed E-state index contributed by atoms with van der Waals surface area (Å²) in [6.07, 6.45) is -1.51. The number of amides is 2. The van der Waals surface area contributed by atoms with Gasteiger partial charge in [-0.3, -0.25) is 9.59 Å². The van der Waals surface area contributed by atoms with Crippen molar-refractivity contribution in [1.82, 2.24) is 10.6 Å². The third-order valence-corrected chi connectivity index (χ3v) is 6.84. The van der Waals surface area contributed by atoms with Gasteiger partial charge in [0.1, 0.15) is 6.61 Å².